The average Bonchev–Trinajstić information content (AvgIpc) is 3.38. The molecule has 0 aromatic heterocycles. The van der Waals surface area contributed by atoms with Gasteiger partial charge >= 0.3 is 0 Å². The molecule has 5 heteroatoms. The Kier molecular flexibility index (Phi) is 5.33. The highest BCUT2D eigenvalue weighted by molar-refractivity contribution is 6.00. The van der Waals surface area contributed by atoms with Crippen LogP contribution in [-0.2, 0) is 16.1 Å². The van der Waals surface area contributed by atoms with Crippen molar-refractivity contribution in [3.05, 3.63) is 60.2 Å². The van der Waals surface area contributed by atoms with Crippen LogP contribution in [0.1, 0.15) is 24.8 Å². The summed E-state index contributed by atoms with van der Waals surface area (Å²) in [5, 5.41) is 0. The fourth-order valence-corrected chi connectivity index (χ4v) is 4.19. The number of benzene rings is 2. The molecule has 1 atom stereocenters. The standard InChI is InChI=1S/C23H27N3O2/c1-24(16-18-7-3-2-4-8-18)23(28)19-15-22(27)26(17-19)21-11-9-20(10-12-21)25-13-5-6-14-25/h2-4,7-12,19H,5-6,13-17H2,1H3. The van der Waals surface area contributed by atoms with E-state index in [2.05, 4.69) is 17.0 Å². The Morgan fingerprint density at radius 2 is 1.64 bits per heavy atom. The normalized spacial score (nSPS) is 19.3. The zero-order valence-corrected chi connectivity index (χ0v) is 16.4. The van der Waals surface area contributed by atoms with Gasteiger partial charge < -0.3 is 14.7 Å². The van der Waals surface area contributed by atoms with E-state index in [0.29, 0.717) is 13.1 Å². The van der Waals surface area contributed by atoms with Gasteiger partial charge in [-0.25, -0.2) is 0 Å². The van der Waals surface area contributed by atoms with Crippen molar-refractivity contribution in [2.45, 2.75) is 25.8 Å². The van der Waals surface area contributed by atoms with Crippen LogP contribution in [0.3, 0.4) is 0 Å². The molecule has 2 aromatic carbocycles. The van der Waals surface area contributed by atoms with E-state index in [0.717, 1.165) is 24.3 Å². The summed E-state index contributed by atoms with van der Waals surface area (Å²) in [6.45, 7) is 3.23. The summed E-state index contributed by atoms with van der Waals surface area (Å²) in [6, 6.07) is 18.1. The molecule has 2 aromatic rings. The molecule has 0 bridgehead atoms. The largest absolute Gasteiger partial charge is 0.372 e. The Morgan fingerprint density at radius 3 is 2.32 bits per heavy atom. The van der Waals surface area contributed by atoms with Crippen LogP contribution >= 0.6 is 0 Å². The van der Waals surface area contributed by atoms with Gasteiger partial charge in [0.05, 0.1) is 5.92 Å². The van der Waals surface area contributed by atoms with Crippen molar-refractivity contribution < 1.29 is 9.59 Å². The maximum Gasteiger partial charge on any atom is 0.228 e. The number of carbonyl (C=O) groups is 2. The molecule has 0 N–H and O–H groups in total. The molecule has 2 saturated heterocycles. The second kappa shape index (κ2) is 8.05. The molecule has 146 valence electrons. The highest BCUT2D eigenvalue weighted by Gasteiger charge is 2.36. The van der Waals surface area contributed by atoms with Crippen LogP contribution in [-0.4, -0.2) is 43.4 Å². The third kappa shape index (κ3) is 3.88. The SMILES string of the molecule is CN(Cc1ccccc1)C(=O)C1CC(=O)N(c2ccc(N3CCCC3)cc2)C1. The van der Waals surface area contributed by atoms with Crippen LogP contribution in [0.25, 0.3) is 0 Å². The molecule has 4 rings (SSSR count). The van der Waals surface area contributed by atoms with Crippen LogP contribution < -0.4 is 9.80 Å². The highest BCUT2D eigenvalue weighted by Crippen LogP contribution is 2.29. The smallest absolute Gasteiger partial charge is 0.228 e. The molecule has 2 aliphatic heterocycles. The number of hydrogen-bond acceptors (Lipinski definition) is 3. The molecule has 0 radical (unpaired) electrons. The third-order valence-corrected chi connectivity index (χ3v) is 5.75. The summed E-state index contributed by atoms with van der Waals surface area (Å²) in [5.41, 5.74) is 3.19. The number of amides is 2. The van der Waals surface area contributed by atoms with Crippen LogP contribution in [0.5, 0.6) is 0 Å². The van der Waals surface area contributed by atoms with E-state index < -0.39 is 0 Å². The lowest BCUT2D eigenvalue weighted by atomic mass is 10.1. The van der Waals surface area contributed by atoms with Gasteiger partial charge in [-0.05, 0) is 42.7 Å². The molecule has 1 unspecified atom stereocenters. The topological polar surface area (TPSA) is 43.9 Å². The van der Waals surface area contributed by atoms with E-state index in [1.165, 1.54) is 18.5 Å². The maximum atomic E-state index is 12.8. The monoisotopic (exact) mass is 377 g/mol. The molecule has 0 aliphatic carbocycles. The molecule has 28 heavy (non-hydrogen) atoms. The maximum absolute atomic E-state index is 12.8. The summed E-state index contributed by atoms with van der Waals surface area (Å²) < 4.78 is 0. The summed E-state index contributed by atoms with van der Waals surface area (Å²) in [7, 11) is 1.81. The fourth-order valence-electron chi connectivity index (χ4n) is 4.19. The van der Waals surface area contributed by atoms with E-state index in [1.54, 1.807) is 9.80 Å². The first kappa shape index (κ1) is 18.5. The van der Waals surface area contributed by atoms with Crippen molar-refractivity contribution in [3.8, 4) is 0 Å². The lowest BCUT2D eigenvalue weighted by Gasteiger charge is -2.22. The Balaban J connectivity index is 1.39. The Labute approximate surface area is 166 Å². The first-order valence-corrected chi connectivity index (χ1v) is 10.1. The van der Waals surface area contributed by atoms with Gasteiger partial charge in [0.15, 0.2) is 0 Å². The summed E-state index contributed by atoms with van der Waals surface area (Å²) in [4.78, 5) is 31.3. The van der Waals surface area contributed by atoms with Crippen LogP contribution in [0.15, 0.2) is 54.6 Å². The second-order valence-electron chi connectivity index (χ2n) is 7.80. The zero-order valence-electron chi connectivity index (χ0n) is 16.4. The summed E-state index contributed by atoms with van der Waals surface area (Å²) in [5.74, 6) is -0.215. The molecule has 5 nitrogen and oxygen atoms in total. The fraction of sp³-hybridized carbons (Fsp3) is 0.391. The second-order valence-corrected chi connectivity index (χ2v) is 7.80. The molecular weight excluding hydrogens is 350 g/mol. The van der Waals surface area contributed by atoms with Crippen molar-refractivity contribution in [1.82, 2.24) is 4.90 Å². The highest BCUT2D eigenvalue weighted by atomic mass is 16.2. The number of nitrogens with zero attached hydrogens (tertiary/aromatic N) is 3. The average molecular weight is 377 g/mol. The minimum atomic E-state index is -0.278. The van der Waals surface area contributed by atoms with Crippen molar-refractivity contribution in [2.75, 3.05) is 36.5 Å². The van der Waals surface area contributed by atoms with Gasteiger partial charge in [0, 0.05) is 51.0 Å². The van der Waals surface area contributed by atoms with E-state index in [-0.39, 0.29) is 24.2 Å². The van der Waals surface area contributed by atoms with Crippen molar-refractivity contribution in [3.63, 3.8) is 0 Å². The van der Waals surface area contributed by atoms with Gasteiger partial charge in [-0.1, -0.05) is 30.3 Å². The lowest BCUT2D eigenvalue weighted by molar-refractivity contribution is -0.135. The zero-order chi connectivity index (χ0) is 19.5. The molecule has 2 heterocycles. The molecule has 2 amide bonds. The van der Waals surface area contributed by atoms with Gasteiger partial charge in [0.1, 0.15) is 0 Å². The first-order valence-electron chi connectivity index (χ1n) is 10.1. The molecule has 0 spiro atoms. The van der Waals surface area contributed by atoms with E-state index >= 15 is 0 Å². The minimum Gasteiger partial charge on any atom is -0.372 e. The predicted octanol–water partition coefficient (Wildman–Crippen LogP) is 3.30. The number of hydrogen-bond donors (Lipinski definition) is 0. The number of rotatable bonds is 5. The number of carbonyl (C=O) groups excluding carboxylic acids is 2. The number of anilines is 2. The molecule has 2 aliphatic rings. The van der Waals surface area contributed by atoms with Crippen molar-refractivity contribution >= 4 is 23.2 Å². The Bertz CT molecular complexity index is 829. The van der Waals surface area contributed by atoms with Crippen LogP contribution in [0, 0.1) is 5.92 Å². The Hall–Kier alpha value is -2.82. The van der Waals surface area contributed by atoms with Crippen LogP contribution in [0.2, 0.25) is 0 Å². The van der Waals surface area contributed by atoms with Crippen molar-refractivity contribution in [1.29, 1.82) is 0 Å². The van der Waals surface area contributed by atoms with Gasteiger partial charge in [0.2, 0.25) is 11.8 Å². The molecule has 0 saturated carbocycles. The van der Waals surface area contributed by atoms with Gasteiger partial charge in [-0.15, -0.1) is 0 Å². The summed E-state index contributed by atoms with van der Waals surface area (Å²) >= 11 is 0. The Morgan fingerprint density at radius 1 is 1.00 bits per heavy atom. The molecule has 2 fully saturated rings. The van der Waals surface area contributed by atoms with Gasteiger partial charge in [-0.3, -0.25) is 9.59 Å². The van der Waals surface area contributed by atoms with Crippen LogP contribution in [0.4, 0.5) is 11.4 Å². The third-order valence-electron chi connectivity index (χ3n) is 5.75. The van der Waals surface area contributed by atoms with Crippen molar-refractivity contribution in [2.24, 2.45) is 5.92 Å². The van der Waals surface area contributed by atoms with E-state index in [1.807, 2.05) is 49.5 Å². The molecular formula is C23H27N3O2. The lowest BCUT2D eigenvalue weighted by Crippen LogP contribution is -2.34. The quantitative estimate of drug-likeness (QED) is 0.803. The summed E-state index contributed by atoms with van der Waals surface area (Å²) in [6.07, 6.45) is 2.77. The van der Waals surface area contributed by atoms with E-state index in [9.17, 15) is 9.59 Å². The minimum absolute atomic E-state index is 0.0281. The van der Waals surface area contributed by atoms with Gasteiger partial charge in [-0.2, -0.15) is 0 Å². The van der Waals surface area contributed by atoms with Gasteiger partial charge in [0.25, 0.3) is 0 Å². The first-order chi connectivity index (χ1) is 13.6. The van der Waals surface area contributed by atoms with E-state index in [4.69, 9.17) is 0 Å². The predicted molar refractivity (Wildman–Crippen MR) is 111 cm³/mol.